The normalized spacial score (nSPS) is 21.3. The fourth-order valence-electron chi connectivity index (χ4n) is 2.48. The number of nitrogens with zero attached hydrogens (tertiary/aromatic N) is 3. The van der Waals surface area contributed by atoms with Gasteiger partial charge in [0, 0.05) is 12.6 Å². The van der Waals surface area contributed by atoms with Crippen LogP contribution in [0.25, 0.3) is 0 Å². The van der Waals surface area contributed by atoms with Gasteiger partial charge in [0.25, 0.3) is 0 Å². The van der Waals surface area contributed by atoms with Gasteiger partial charge in [0.05, 0.1) is 16.8 Å². The van der Waals surface area contributed by atoms with Crippen molar-refractivity contribution in [2.24, 2.45) is 0 Å². The van der Waals surface area contributed by atoms with Gasteiger partial charge in [-0.05, 0) is 26.0 Å². The van der Waals surface area contributed by atoms with Crippen molar-refractivity contribution in [2.45, 2.75) is 47.2 Å². The molecule has 0 unspecified atom stereocenters. The van der Waals surface area contributed by atoms with Crippen LogP contribution in [-0.4, -0.2) is 64.5 Å². The molecule has 23 heavy (non-hydrogen) atoms. The van der Waals surface area contributed by atoms with Crippen LogP contribution in [0, 0.1) is 0 Å². The Hall–Kier alpha value is -0.320. The van der Waals surface area contributed by atoms with Gasteiger partial charge in [0.2, 0.25) is 5.91 Å². The van der Waals surface area contributed by atoms with Crippen LogP contribution >= 0.6 is 34.9 Å². The summed E-state index contributed by atoms with van der Waals surface area (Å²) in [6.07, 6.45) is 0.537. The Kier molecular flexibility index (Phi) is 6.76. The molecular formula is C13H21N3O3S4. The van der Waals surface area contributed by atoms with Crippen LogP contribution < -0.4 is 0 Å². The first-order chi connectivity index (χ1) is 10.9. The molecule has 0 spiro atoms. The summed E-state index contributed by atoms with van der Waals surface area (Å²) < 4.78 is 25.0. The van der Waals surface area contributed by atoms with Crippen LogP contribution in [0.1, 0.15) is 27.2 Å². The Balaban J connectivity index is 1.99. The fraction of sp³-hybridized carbons (Fsp3) is 0.769. The maximum atomic E-state index is 12.7. The zero-order chi connectivity index (χ0) is 17.0. The van der Waals surface area contributed by atoms with Crippen LogP contribution in [0.15, 0.2) is 8.68 Å². The van der Waals surface area contributed by atoms with E-state index in [0.717, 1.165) is 14.4 Å². The third-order valence-electron chi connectivity index (χ3n) is 3.55. The minimum Gasteiger partial charge on any atom is -0.338 e. The minimum atomic E-state index is -3.00. The van der Waals surface area contributed by atoms with Crippen molar-refractivity contribution in [3.8, 4) is 0 Å². The molecule has 0 bridgehead atoms. The predicted octanol–water partition coefficient (Wildman–Crippen LogP) is 2.17. The number of amides is 1. The van der Waals surface area contributed by atoms with E-state index in [1.807, 2.05) is 13.8 Å². The van der Waals surface area contributed by atoms with E-state index < -0.39 is 9.84 Å². The lowest BCUT2D eigenvalue weighted by molar-refractivity contribution is -0.131. The molecule has 2 heterocycles. The van der Waals surface area contributed by atoms with Gasteiger partial charge in [-0.15, -0.1) is 10.2 Å². The van der Waals surface area contributed by atoms with E-state index in [0.29, 0.717) is 13.0 Å². The van der Waals surface area contributed by atoms with Gasteiger partial charge < -0.3 is 4.90 Å². The molecule has 6 nitrogen and oxygen atoms in total. The Morgan fingerprint density at radius 2 is 2.09 bits per heavy atom. The number of thioether (sulfide) groups is 2. The van der Waals surface area contributed by atoms with Crippen molar-refractivity contribution >= 4 is 50.6 Å². The topological polar surface area (TPSA) is 80.2 Å². The van der Waals surface area contributed by atoms with Crippen molar-refractivity contribution in [1.29, 1.82) is 0 Å². The van der Waals surface area contributed by atoms with Gasteiger partial charge in [0.15, 0.2) is 18.5 Å². The summed E-state index contributed by atoms with van der Waals surface area (Å²) in [7, 11) is -3.00. The van der Waals surface area contributed by atoms with Gasteiger partial charge in [-0.3, -0.25) is 4.79 Å². The Morgan fingerprint density at radius 3 is 2.65 bits per heavy atom. The molecule has 1 aliphatic heterocycles. The zero-order valence-corrected chi connectivity index (χ0v) is 16.7. The molecule has 0 radical (unpaired) electrons. The summed E-state index contributed by atoms with van der Waals surface area (Å²) in [6, 6.07) is -0.193. The third kappa shape index (κ3) is 5.07. The van der Waals surface area contributed by atoms with E-state index in [1.165, 1.54) is 23.1 Å². The van der Waals surface area contributed by atoms with Crippen molar-refractivity contribution < 1.29 is 13.2 Å². The largest absolute Gasteiger partial charge is 0.338 e. The highest BCUT2D eigenvalue weighted by molar-refractivity contribution is 8.03. The summed E-state index contributed by atoms with van der Waals surface area (Å²) >= 11 is 4.52. The van der Waals surface area contributed by atoms with Crippen molar-refractivity contribution in [1.82, 2.24) is 15.1 Å². The standard InChI is InChI=1S/C13H21N3O3S4/c1-4-16(10-6-7-23(18,19)8-10)11(17)9(3)21-13-15-14-12(22-13)20-5-2/h9-10H,4-8H2,1-3H3/t9-,10-/m1/s1. The molecule has 1 amide bonds. The molecular weight excluding hydrogens is 374 g/mol. The molecule has 130 valence electrons. The van der Waals surface area contributed by atoms with Crippen LogP contribution in [0.3, 0.4) is 0 Å². The van der Waals surface area contributed by atoms with Gasteiger partial charge in [-0.1, -0.05) is 41.8 Å². The minimum absolute atomic E-state index is 0.0282. The summed E-state index contributed by atoms with van der Waals surface area (Å²) in [5, 5.41) is 7.89. The maximum Gasteiger partial charge on any atom is 0.236 e. The number of aromatic nitrogens is 2. The van der Waals surface area contributed by atoms with E-state index in [9.17, 15) is 13.2 Å². The van der Waals surface area contributed by atoms with E-state index in [2.05, 4.69) is 17.1 Å². The molecule has 1 fully saturated rings. The van der Waals surface area contributed by atoms with Crippen LogP contribution in [-0.2, 0) is 14.6 Å². The van der Waals surface area contributed by atoms with Crippen LogP contribution in [0.4, 0.5) is 0 Å². The van der Waals surface area contributed by atoms with Gasteiger partial charge in [0.1, 0.15) is 0 Å². The fourth-order valence-corrected chi connectivity index (χ4v) is 7.34. The number of carbonyl (C=O) groups excluding carboxylic acids is 1. The Bertz CT molecular complexity index is 647. The smallest absolute Gasteiger partial charge is 0.236 e. The second-order valence-corrected chi connectivity index (χ2v) is 11.5. The quantitative estimate of drug-likeness (QED) is 0.655. The monoisotopic (exact) mass is 395 g/mol. The average molecular weight is 396 g/mol. The molecule has 0 aliphatic carbocycles. The first-order valence-electron chi connectivity index (χ1n) is 7.50. The Morgan fingerprint density at radius 1 is 1.39 bits per heavy atom. The van der Waals surface area contributed by atoms with Gasteiger partial charge in [-0.25, -0.2) is 8.42 Å². The van der Waals surface area contributed by atoms with E-state index >= 15 is 0 Å². The molecule has 1 aliphatic rings. The van der Waals surface area contributed by atoms with Crippen molar-refractivity contribution in [3.05, 3.63) is 0 Å². The molecule has 0 N–H and O–H groups in total. The summed E-state index contributed by atoms with van der Waals surface area (Å²) in [6.45, 7) is 6.31. The first-order valence-corrected chi connectivity index (χ1v) is 12.0. The molecule has 10 heteroatoms. The second kappa shape index (κ2) is 8.17. The summed E-state index contributed by atoms with van der Waals surface area (Å²) in [4.78, 5) is 14.4. The van der Waals surface area contributed by atoms with E-state index in [-0.39, 0.29) is 28.7 Å². The highest BCUT2D eigenvalue weighted by atomic mass is 32.2. The van der Waals surface area contributed by atoms with Gasteiger partial charge in [-0.2, -0.15) is 0 Å². The number of carbonyl (C=O) groups is 1. The van der Waals surface area contributed by atoms with Crippen molar-refractivity contribution in [2.75, 3.05) is 23.8 Å². The lowest BCUT2D eigenvalue weighted by Crippen LogP contribution is -2.44. The number of hydrogen-bond donors (Lipinski definition) is 0. The highest BCUT2D eigenvalue weighted by Crippen LogP contribution is 2.32. The molecule has 1 saturated heterocycles. The lowest BCUT2D eigenvalue weighted by Gasteiger charge is -2.29. The van der Waals surface area contributed by atoms with E-state index in [1.54, 1.807) is 16.7 Å². The molecule has 2 rings (SSSR count). The Labute approximate surface area is 149 Å². The lowest BCUT2D eigenvalue weighted by atomic mass is 10.2. The van der Waals surface area contributed by atoms with Crippen molar-refractivity contribution in [3.63, 3.8) is 0 Å². The SMILES string of the molecule is CCSc1nnc(S[C@H](C)C(=O)N(CC)[C@@H]2CCS(=O)(=O)C2)s1. The molecule has 0 aromatic carbocycles. The molecule has 2 atom stereocenters. The maximum absolute atomic E-state index is 12.7. The van der Waals surface area contributed by atoms with Gasteiger partial charge >= 0.3 is 0 Å². The summed E-state index contributed by atoms with van der Waals surface area (Å²) in [5.41, 5.74) is 0. The third-order valence-corrected chi connectivity index (χ3v) is 8.41. The van der Waals surface area contributed by atoms with Crippen LogP contribution in [0.5, 0.6) is 0 Å². The molecule has 0 saturated carbocycles. The zero-order valence-electron chi connectivity index (χ0n) is 13.4. The number of rotatable bonds is 7. The second-order valence-electron chi connectivity index (χ2n) is 5.21. The number of hydrogen-bond acceptors (Lipinski definition) is 8. The highest BCUT2D eigenvalue weighted by Gasteiger charge is 2.35. The first kappa shape index (κ1) is 19.0. The summed E-state index contributed by atoms with van der Waals surface area (Å²) in [5.74, 6) is 1.17. The molecule has 1 aromatic heterocycles. The number of sulfone groups is 1. The van der Waals surface area contributed by atoms with Crippen LogP contribution in [0.2, 0.25) is 0 Å². The predicted molar refractivity (Wildman–Crippen MR) is 96.1 cm³/mol. The van der Waals surface area contributed by atoms with E-state index in [4.69, 9.17) is 0 Å². The molecule has 1 aromatic rings. The average Bonchev–Trinajstić information content (AvgIpc) is 3.06.